The van der Waals surface area contributed by atoms with E-state index in [-0.39, 0.29) is 5.63 Å². The largest absolute Gasteiger partial charge is 0.423 e. The van der Waals surface area contributed by atoms with E-state index >= 15 is 0 Å². The smallest absolute Gasteiger partial charge is 0.336 e. The number of rotatable bonds is 2. The molecule has 100 valence electrons. The maximum absolute atomic E-state index is 11.7. The maximum atomic E-state index is 11.7. The van der Waals surface area contributed by atoms with Gasteiger partial charge in [0.25, 0.3) is 0 Å². The van der Waals surface area contributed by atoms with E-state index in [1.165, 1.54) is 5.56 Å². The molecule has 20 heavy (non-hydrogen) atoms. The molecule has 0 saturated heterocycles. The fourth-order valence-electron chi connectivity index (χ4n) is 2.44. The molecule has 1 heterocycles. The van der Waals surface area contributed by atoms with Crippen molar-refractivity contribution < 1.29 is 4.42 Å². The van der Waals surface area contributed by atoms with E-state index < -0.39 is 0 Å². The predicted molar refractivity (Wildman–Crippen MR) is 82.0 cm³/mol. The van der Waals surface area contributed by atoms with Crippen LogP contribution in [0.3, 0.4) is 0 Å². The first-order chi connectivity index (χ1) is 9.67. The first-order valence-corrected chi connectivity index (χ1v) is 6.81. The molecular weight excluding hydrogens is 248 g/mol. The first-order valence-electron chi connectivity index (χ1n) is 6.81. The zero-order valence-electron chi connectivity index (χ0n) is 11.6. The molecule has 0 N–H and O–H groups in total. The second-order valence-electron chi connectivity index (χ2n) is 5.03. The molecule has 2 aromatic carbocycles. The Kier molecular flexibility index (Phi) is 3.15. The second kappa shape index (κ2) is 4.97. The van der Waals surface area contributed by atoms with Gasteiger partial charge in [0.1, 0.15) is 5.58 Å². The number of fused-ring (bicyclic) bond motifs is 1. The highest BCUT2D eigenvalue weighted by molar-refractivity contribution is 5.93. The molecular formula is C18H16O2. The Bertz CT molecular complexity index is 811. The van der Waals surface area contributed by atoms with E-state index in [0.29, 0.717) is 5.58 Å². The lowest BCUT2D eigenvalue weighted by Crippen LogP contribution is -1.98. The third-order valence-electron chi connectivity index (χ3n) is 3.57. The molecule has 3 rings (SSSR count). The monoisotopic (exact) mass is 264 g/mol. The highest BCUT2D eigenvalue weighted by Gasteiger charge is 2.08. The Morgan fingerprint density at radius 2 is 1.75 bits per heavy atom. The molecule has 0 aliphatic carbocycles. The Morgan fingerprint density at radius 1 is 1.00 bits per heavy atom. The van der Waals surface area contributed by atoms with Crippen LogP contribution < -0.4 is 5.63 Å². The lowest BCUT2D eigenvalue weighted by Gasteiger charge is -2.07. The summed E-state index contributed by atoms with van der Waals surface area (Å²) in [7, 11) is 0. The van der Waals surface area contributed by atoms with Gasteiger partial charge in [-0.15, -0.1) is 0 Å². The summed E-state index contributed by atoms with van der Waals surface area (Å²) in [6.45, 7) is 4.17. The molecule has 0 amide bonds. The van der Waals surface area contributed by atoms with Crippen LogP contribution in [-0.2, 0) is 6.42 Å². The topological polar surface area (TPSA) is 30.2 Å². The van der Waals surface area contributed by atoms with Crippen LogP contribution in [0.25, 0.3) is 22.1 Å². The van der Waals surface area contributed by atoms with E-state index in [1.807, 2.05) is 19.1 Å². The number of hydrogen-bond acceptors (Lipinski definition) is 2. The van der Waals surface area contributed by atoms with Crippen LogP contribution in [0.15, 0.2) is 57.7 Å². The molecule has 0 aliphatic rings. The normalized spacial score (nSPS) is 10.9. The summed E-state index contributed by atoms with van der Waals surface area (Å²) in [6.07, 6.45) is 1.01. The summed E-state index contributed by atoms with van der Waals surface area (Å²) in [5.74, 6) is 0. The van der Waals surface area contributed by atoms with Crippen molar-refractivity contribution in [3.05, 3.63) is 70.1 Å². The summed E-state index contributed by atoms with van der Waals surface area (Å²) < 4.78 is 5.27. The van der Waals surface area contributed by atoms with Gasteiger partial charge in [-0.25, -0.2) is 4.79 Å². The highest BCUT2D eigenvalue weighted by Crippen LogP contribution is 2.28. The van der Waals surface area contributed by atoms with Gasteiger partial charge < -0.3 is 4.42 Å². The van der Waals surface area contributed by atoms with Crippen molar-refractivity contribution in [1.82, 2.24) is 0 Å². The molecule has 2 nitrogen and oxygen atoms in total. The molecule has 0 aliphatic heterocycles. The van der Waals surface area contributed by atoms with Gasteiger partial charge in [-0.1, -0.05) is 42.8 Å². The van der Waals surface area contributed by atoms with E-state index in [2.05, 4.69) is 37.3 Å². The summed E-state index contributed by atoms with van der Waals surface area (Å²) in [5, 5.41) is 0.980. The van der Waals surface area contributed by atoms with E-state index in [1.54, 1.807) is 6.07 Å². The molecule has 0 fully saturated rings. The SMILES string of the molecule is CCc1ccc(-c2cc(=O)oc3ccc(C)cc23)cc1. The molecule has 3 aromatic rings. The van der Waals surface area contributed by atoms with Crippen molar-refractivity contribution >= 4 is 11.0 Å². The van der Waals surface area contributed by atoms with E-state index in [4.69, 9.17) is 4.42 Å². The second-order valence-corrected chi connectivity index (χ2v) is 5.03. The van der Waals surface area contributed by atoms with Gasteiger partial charge in [0.05, 0.1) is 0 Å². The standard InChI is InChI=1S/C18H16O2/c1-3-13-5-7-14(8-6-13)15-11-18(19)20-17-9-4-12(2)10-16(15)17/h4-11H,3H2,1-2H3. The van der Waals surface area contributed by atoms with Gasteiger partial charge in [0.15, 0.2) is 0 Å². The lowest BCUT2D eigenvalue weighted by molar-refractivity contribution is 0.561. The van der Waals surface area contributed by atoms with Gasteiger partial charge in [0, 0.05) is 11.5 Å². The Balaban J connectivity index is 2.28. The van der Waals surface area contributed by atoms with Gasteiger partial charge in [-0.05, 0) is 42.2 Å². The van der Waals surface area contributed by atoms with Crippen LogP contribution in [0.2, 0.25) is 0 Å². The fourth-order valence-corrected chi connectivity index (χ4v) is 2.44. The molecule has 0 saturated carbocycles. The molecule has 0 radical (unpaired) electrons. The Morgan fingerprint density at radius 3 is 2.45 bits per heavy atom. The van der Waals surface area contributed by atoms with Crippen LogP contribution in [0.4, 0.5) is 0 Å². The first kappa shape index (κ1) is 12.7. The molecule has 0 spiro atoms. The minimum atomic E-state index is -0.309. The van der Waals surface area contributed by atoms with Crippen molar-refractivity contribution in [2.24, 2.45) is 0 Å². The van der Waals surface area contributed by atoms with Crippen molar-refractivity contribution in [3.63, 3.8) is 0 Å². The zero-order valence-corrected chi connectivity index (χ0v) is 11.6. The van der Waals surface area contributed by atoms with Crippen molar-refractivity contribution in [1.29, 1.82) is 0 Å². The van der Waals surface area contributed by atoms with Crippen molar-refractivity contribution in [2.75, 3.05) is 0 Å². The zero-order chi connectivity index (χ0) is 14.1. The molecule has 0 bridgehead atoms. The van der Waals surface area contributed by atoms with E-state index in [0.717, 1.165) is 28.5 Å². The maximum Gasteiger partial charge on any atom is 0.336 e. The molecule has 0 atom stereocenters. The average molecular weight is 264 g/mol. The van der Waals surface area contributed by atoms with Crippen LogP contribution in [0.1, 0.15) is 18.1 Å². The minimum absolute atomic E-state index is 0.309. The minimum Gasteiger partial charge on any atom is -0.423 e. The van der Waals surface area contributed by atoms with Crippen molar-refractivity contribution in [2.45, 2.75) is 20.3 Å². The fraction of sp³-hybridized carbons (Fsp3) is 0.167. The number of aryl methyl sites for hydroxylation is 2. The predicted octanol–water partition coefficient (Wildman–Crippen LogP) is 4.33. The highest BCUT2D eigenvalue weighted by atomic mass is 16.4. The molecule has 0 unspecified atom stereocenters. The van der Waals surface area contributed by atoms with Crippen LogP contribution in [0.5, 0.6) is 0 Å². The molecule has 2 heteroatoms. The van der Waals surface area contributed by atoms with E-state index in [9.17, 15) is 4.79 Å². The summed E-state index contributed by atoms with van der Waals surface area (Å²) in [4.78, 5) is 11.7. The summed E-state index contributed by atoms with van der Waals surface area (Å²) in [6, 6.07) is 15.8. The van der Waals surface area contributed by atoms with Crippen molar-refractivity contribution in [3.8, 4) is 11.1 Å². The van der Waals surface area contributed by atoms with Gasteiger partial charge in [0.2, 0.25) is 0 Å². The Labute approximate surface area is 117 Å². The third-order valence-corrected chi connectivity index (χ3v) is 3.57. The third kappa shape index (κ3) is 2.25. The summed E-state index contributed by atoms with van der Waals surface area (Å²) >= 11 is 0. The van der Waals surface area contributed by atoms with Gasteiger partial charge in [-0.3, -0.25) is 0 Å². The van der Waals surface area contributed by atoms with Gasteiger partial charge >= 0.3 is 5.63 Å². The number of benzene rings is 2. The quantitative estimate of drug-likeness (QED) is 0.645. The lowest BCUT2D eigenvalue weighted by atomic mass is 9.99. The van der Waals surface area contributed by atoms with Crippen LogP contribution in [-0.4, -0.2) is 0 Å². The number of hydrogen-bond donors (Lipinski definition) is 0. The summed E-state index contributed by atoms with van der Waals surface area (Å²) in [5.41, 5.74) is 4.75. The van der Waals surface area contributed by atoms with Crippen LogP contribution in [0, 0.1) is 6.92 Å². The van der Waals surface area contributed by atoms with Gasteiger partial charge in [-0.2, -0.15) is 0 Å². The Hall–Kier alpha value is -2.35. The molecule has 1 aromatic heterocycles. The average Bonchev–Trinajstić information content (AvgIpc) is 2.47. The van der Waals surface area contributed by atoms with Crippen LogP contribution >= 0.6 is 0 Å².